The molecule has 0 spiro atoms. The molecule has 0 bridgehead atoms. The van der Waals surface area contributed by atoms with Gasteiger partial charge in [-0.15, -0.1) is 0 Å². The Labute approximate surface area is 165 Å². The van der Waals surface area contributed by atoms with E-state index < -0.39 is 11.7 Å². The maximum Gasteiger partial charge on any atom is 0.420 e. The van der Waals surface area contributed by atoms with Crippen LogP contribution in [0.25, 0.3) is 11.2 Å². The van der Waals surface area contributed by atoms with Crippen molar-refractivity contribution in [2.75, 3.05) is 0 Å². The van der Waals surface area contributed by atoms with Gasteiger partial charge in [0, 0.05) is 23.7 Å². The van der Waals surface area contributed by atoms with Crippen LogP contribution in [0.3, 0.4) is 0 Å². The summed E-state index contributed by atoms with van der Waals surface area (Å²) in [7, 11) is 0. The zero-order valence-corrected chi connectivity index (χ0v) is 17.0. The molecule has 0 aliphatic rings. The molecule has 0 radical (unpaired) electrons. The molecule has 0 aliphatic heterocycles. The second-order valence-electron chi connectivity index (χ2n) is 6.69. The van der Waals surface area contributed by atoms with Crippen LogP contribution in [0.4, 0.5) is 4.79 Å². The van der Waals surface area contributed by atoms with Gasteiger partial charge in [0.05, 0.1) is 9.77 Å². The molecular weight excluding hydrogens is 443 g/mol. The largest absolute Gasteiger partial charge is 0.443 e. The minimum atomic E-state index is -0.583. The fourth-order valence-electron chi connectivity index (χ4n) is 2.22. The molecule has 26 heavy (non-hydrogen) atoms. The van der Waals surface area contributed by atoms with Gasteiger partial charge in [-0.2, -0.15) is 0 Å². The smallest absolute Gasteiger partial charge is 0.420 e. The maximum atomic E-state index is 12.4. The van der Waals surface area contributed by atoms with E-state index in [4.69, 9.17) is 4.74 Å². The summed E-state index contributed by atoms with van der Waals surface area (Å²) in [4.78, 5) is 25.4. The average molecular weight is 460 g/mol. The van der Waals surface area contributed by atoms with Gasteiger partial charge >= 0.3 is 6.09 Å². The first-order valence-corrected chi connectivity index (χ1v) is 9.02. The van der Waals surface area contributed by atoms with Gasteiger partial charge in [-0.1, -0.05) is 5.92 Å². The van der Waals surface area contributed by atoms with E-state index in [9.17, 15) is 4.79 Å². The Kier molecular flexibility index (Phi) is 4.96. The third-order valence-corrected chi connectivity index (χ3v) is 4.06. The summed E-state index contributed by atoms with van der Waals surface area (Å²) in [6, 6.07) is 3.75. The molecule has 0 unspecified atom stereocenters. The quantitative estimate of drug-likeness (QED) is 0.376. The predicted octanol–water partition coefficient (Wildman–Crippen LogP) is 3.92. The number of fused-ring (bicyclic) bond motifs is 1. The highest BCUT2D eigenvalue weighted by Gasteiger charge is 2.21. The number of carbonyl (C=O) groups is 1. The normalized spacial score (nSPS) is 11.1. The summed E-state index contributed by atoms with van der Waals surface area (Å²) < 4.78 is 7.59. The van der Waals surface area contributed by atoms with Crippen LogP contribution in [0.2, 0.25) is 0 Å². The lowest BCUT2D eigenvalue weighted by Crippen LogP contribution is -2.26. The first kappa shape index (κ1) is 18.3. The maximum absolute atomic E-state index is 12.4. The van der Waals surface area contributed by atoms with E-state index in [1.54, 1.807) is 18.6 Å². The van der Waals surface area contributed by atoms with Gasteiger partial charge in [0.15, 0.2) is 5.65 Å². The van der Waals surface area contributed by atoms with Crippen LogP contribution < -0.4 is 0 Å². The fourth-order valence-corrected chi connectivity index (χ4v) is 2.87. The number of ether oxygens (including phenoxy) is 1. The molecule has 132 valence electrons. The number of nitrogens with zero attached hydrogens (tertiary/aromatic N) is 4. The van der Waals surface area contributed by atoms with Crippen LogP contribution in [0.1, 0.15) is 37.7 Å². The van der Waals surface area contributed by atoms with Crippen molar-refractivity contribution in [1.29, 1.82) is 0 Å². The van der Waals surface area contributed by atoms with Crippen molar-refractivity contribution in [1.82, 2.24) is 19.5 Å². The van der Waals surface area contributed by atoms with Crippen molar-refractivity contribution >= 4 is 39.8 Å². The number of carbonyl (C=O) groups excluding carboxylic acids is 1. The number of hydrogen-bond acceptors (Lipinski definition) is 5. The Bertz CT molecular complexity index is 1050. The third-order valence-electron chi connectivity index (χ3n) is 3.27. The lowest BCUT2D eigenvalue weighted by atomic mass is 10.2. The van der Waals surface area contributed by atoms with E-state index >= 15 is 0 Å². The molecule has 3 aromatic rings. The molecule has 0 atom stereocenters. The van der Waals surface area contributed by atoms with Gasteiger partial charge in [0.2, 0.25) is 0 Å². The van der Waals surface area contributed by atoms with E-state index in [1.165, 1.54) is 4.57 Å². The average Bonchev–Trinajstić information content (AvgIpc) is 2.88. The molecule has 6 nitrogen and oxygen atoms in total. The predicted molar refractivity (Wildman–Crippen MR) is 107 cm³/mol. The molecule has 0 N–H and O–H groups in total. The molecule has 0 aromatic carbocycles. The highest BCUT2D eigenvalue weighted by molar-refractivity contribution is 14.1. The Hall–Kier alpha value is -2.47. The zero-order chi connectivity index (χ0) is 18.9. The third kappa shape index (κ3) is 4.19. The SMILES string of the molecule is Cc1cc(C#Cc2cnc3c(n2)c(I)cn3C(=O)OC(C)(C)C)ccn1. The minimum Gasteiger partial charge on any atom is -0.443 e. The van der Waals surface area contributed by atoms with E-state index in [2.05, 4.69) is 49.4 Å². The molecule has 3 rings (SSSR count). The fraction of sp³-hybridized carbons (Fsp3) is 0.263. The second-order valence-corrected chi connectivity index (χ2v) is 7.85. The van der Waals surface area contributed by atoms with Crippen LogP contribution in [0.15, 0.2) is 30.7 Å². The Morgan fingerprint density at radius 3 is 2.73 bits per heavy atom. The van der Waals surface area contributed by atoms with Gasteiger partial charge in [-0.3, -0.25) is 4.98 Å². The molecule has 3 aromatic heterocycles. The van der Waals surface area contributed by atoms with Crippen LogP contribution >= 0.6 is 22.6 Å². The molecule has 0 fully saturated rings. The van der Waals surface area contributed by atoms with E-state index in [1.807, 2.05) is 39.8 Å². The summed E-state index contributed by atoms with van der Waals surface area (Å²) in [5, 5.41) is 0. The van der Waals surface area contributed by atoms with Crippen LogP contribution in [0.5, 0.6) is 0 Å². The van der Waals surface area contributed by atoms with E-state index in [0.717, 1.165) is 14.8 Å². The van der Waals surface area contributed by atoms with Crippen molar-refractivity contribution in [3.8, 4) is 11.8 Å². The van der Waals surface area contributed by atoms with Gasteiger partial charge in [0.25, 0.3) is 0 Å². The lowest BCUT2D eigenvalue weighted by molar-refractivity contribution is 0.0543. The summed E-state index contributed by atoms with van der Waals surface area (Å²) in [5.74, 6) is 6.06. The van der Waals surface area contributed by atoms with Gasteiger partial charge in [-0.05, 0) is 68.3 Å². The summed E-state index contributed by atoms with van der Waals surface area (Å²) >= 11 is 2.12. The van der Waals surface area contributed by atoms with E-state index in [-0.39, 0.29) is 0 Å². The van der Waals surface area contributed by atoms with Crippen LogP contribution in [0, 0.1) is 22.3 Å². The lowest BCUT2D eigenvalue weighted by Gasteiger charge is -2.19. The number of halogens is 1. The standard InChI is InChI=1S/C19H17IN4O2/c1-12-9-13(7-8-21-12)5-6-14-10-22-17-16(23-14)15(20)11-24(17)18(25)26-19(2,3)4/h7-11H,1-4H3. The zero-order valence-electron chi connectivity index (χ0n) is 14.9. The number of pyridine rings is 1. The molecule has 0 saturated heterocycles. The Balaban J connectivity index is 1.96. The van der Waals surface area contributed by atoms with Gasteiger partial charge in [-0.25, -0.2) is 19.3 Å². The summed E-state index contributed by atoms with van der Waals surface area (Å²) in [5.41, 5.74) is 2.79. The van der Waals surface area contributed by atoms with E-state index in [0.29, 0.717) is 16.9 Å². The minimum absolute atomic E-state index is 0.453. The number of aryl methyl sites for hydroxylation is 1. The summed E-state index contributed by atoms with van der Waals surface area (Å²) in [6.45, 7) is 7.38. The van der Waals surface area contributed by atoms with Crippen molar-refractivity contribution < 1.29 is 9.53 Å². The number of rotatable bonds is 0. The van der Waals surface area contributed by atoms with Gasteiger partial charge in [0.1, 0.15) is 16.8 Å². The molecular formula is C19H17IN4O2. The monoisotopic (exact) mass is 460 g/mol. The van der Waals surface area contributed by atoms with Crippen molar-refractivity contribution in [3.05, 3.63) is 51.2 Å². The second kappa shape index (κ2) is 7.03. The van der Waals surface area contributed by atoms with Crippen molar-refractivity contribution in [3.63, 3.8) is 0 Å². The van der Waals surface area contributed by atoms with Crippen molar-refractivity contribution in [2.24, 2.45) is 0 Å². The highest BCUT2D eigenvalue weighted by atomic mass is 127. The van der Waals surface area contributed by atoms with Crippen LogP contribution in [-0.2, 0) is 4.74 Å². The first-order valence-electron chi connectivity index (χ1n) is 7.94. The number of aromatic nitrogens is 4. The molecule has 0 amide bonds. The Morgan fingerprint density at radius 1 is 1.27 bits per heavy atom. The molecule has 0 saturated carbocycles. The number of hydrogen-bond donors (Lipinski definition) is 0. The Morgan fingerprint density at radius 2 is 2.04 bits per heavy atom. The van der Waals surface area contributed by atoms with Crippen molar-refractivity contribution in [2.45, 2.75) is 33.3 Å². The molecule has 3 heterocycles. The highest BCUT2D eigenvalue weighted by Crippen LogP contribution is 2.21. The van der Waals surface area contributed by atoms with Crippen LogP contribution in [-0.4, -0.2) is 31.2 Å². The molecule has 0 aliphatic carbocycles. The van der Waals surface area contributed by atoms with Gasteiger partial charge < -0.3 is 4.74 Å². The first-order chi connectivity index (χ1) is 12.2. The summed E-state index contributed by atoms with van der Waals surface area (Å²) in [6.07, 6.45) is 4.46. The molecule has 7 heteroatoms. The topological polar surface area (TPSA) is 69.9 Å².